The Kier molecular flexibility index (Phi) is 7.32. The van der Waals surface area contributed by atoms with Crippen LogP contribution in [0.5, 0.6) is 0 Å². The summed E-state index contributed by atoms with van der Waals surface area (Å²) in [6.45, 7) is 2.77. The highest BCUT2D eigenvalue weighted by atomic mass is 32.2. The molecule has 1 saturated carbocycles. The number of thioether (sulfide) groups is 1. The molecule has 1 fully saturated rings. The molecule has 1 N–H and O–H groups in total. The lowest BCUT2D eigenvalue weighted by Crippen LogP contribution is -2.35. The Balaban J connectivity index is 1.58. The van der Waals surface area contributed by atoms with Crippen LogP contribution in [0.2, 0.25) is 0 Å². The molecule has 0 aliphatic heterocycles. The molecule has 26 heavy (non-hydrogen) atoms. The number of nitrogens with zero attached hydrogens (tertiary/aromatic N) is 5. The second-order valence-electron chi connectivity index (χ2n) is 6.94. The van der Waals surface area contributed by atoms with Crippen molar-refractivity contribution < 1.29 is 0 Å². The van der Waals surface area contributed by atoms with E-state index in [-0.39, 0.29) is 0 Å². The summed E-state index contributed by atoms with van der Waals surface area (Å²) >= 11 is 1.61. The van der Waals surface area contributed by atoms with Crippen molar-refractivity contribution in [2.24, 2.45) is 0 Å². The molecule has 2 heterocycles. The molecule has 6 nitrogen and oxygen atoms in total. The van der Waals surface area contributed by atoms with Crippen LogP contribution in [0.4, 0.5) is 5.82 Å². The predicted molar refractivity (Wildman–Crippen MR) is 108 cm³/mol. The minimum Gasteiger partial charge on any atom is -0.356 e. The SMILES string of the molecule is CSc1ncc(CNCCCn2ccnc2)c(N(C)C2CCCCC2)n1. The van der Waals surface area contributed by atoms with Gasteiger partial charge in [0.05, 0.1) is 6.33 Å². The van der Waals surface area contributed by atoms with E-state index in [1.807, 2.05) is 31.2 Å². The normalized spacial score (nSPS) is 15.3. The van der Waals surface area contributed by atoms with E-state index < -0.39 is 0 Å². The van der Waals surface area contributed by atoms with Crippen LogP contribution < -0.4 is 10.2 Å². The highest BCUT2D eigenvalue weighted by Gasteiger charge is 2.21. The van der Waals surface area contributed by atoms with Gasteiger partial charge in [0, 0.05) is 50.3 Å². The molecule has 0 atom stereocenters. The molecule has 2 aromatic rings. The molecule has 0 amide bonds. The fourth-order valence-corrected chi connectivity index (χ4v) is 3.92. The van der Waals surface area contributed by atoms with Gasteiger partial charge in [-0.1, -0.05) is 31.0 Å². The summed E-state index contributed by atoms with van der Waals surface area (Å²) in [5.41, 5.74) is 1.19. The van der Waals surface area contributed by atoms with Gasteiger partial charge >= 0.3 is 0 Å². The lowest BCUT2D eigenvalue weighted by atomic mass is 9.94. The summed E-state index contributed by atoms with van der Waals surface area (Å²) in [5, 5.41) is 4.41. The van der Waals surface area contributed by atoms with Crippen LogP contribution in [-0.2, 0) is 13.1 Å². The molecule has 0 spiro atoms. The first-order chi connectivity index (χ1) is 12.8. The summed E-state index contributed by atoms with van der Waals surface area (Å²) in [6.07, 6.45) is 17.4. The maximum atomic E-state index is 4.83. The lowest BCUT2D eigenvalue weighted by molar-refractivity contribution is 0.424. The molecule has 2 aromatic heterocycles. The highest BCUT2D eigenvalue weighted by molar-refractivity contribution is 7.98. The minimum atomic E-state index is 0.605. The Morgan fingerprint density at radius 1 is 1.31 bits per heavy atom. The first kappa shape index (κ1) is 19.2. The molecular formula is C19H30N6S. The molecule has 0 unspecified atom stereocenters. The molecule has 0 saturated heterocycles. The van der Waals surface area contributed by atoms with Gasteiger partial charge in [0.15, 0.2) is 5.16 Å². The number of anilines is 1. The highest BCUT2D eigenvalue weighted by Crippen LogP contribution is 2.28. The van der Waals surface area contributed by atoms with Crippen molar-refractivity contribution >= 4 is 17.6 Å². The Labute approximate surface area is 160 Å². The van der Waals surface area contributed by atoms with Gasteiger partial charge in [-0.05, 0) is 32.1 Å². The molecule has 7 heteroatoms. The van der Waals surface area contributed by atoms with Crippen molar-refractivity contribution in [3.05, 3.63) is 30.5 Å². The fraction of sp³-hybridized carbons (Fsp3) is 0.632. The standard InChI is InChI=1S/C19H30N6S/c1-24(17-7-4-3-5-8-17)18-16(14-22-19(23-18)26-2)13-20-9-6-11-25-12-10-21-15-25/h10,12,14-15,17,20H,3-9,11,13H2,1-2H3. The molecular weight excluding hydrogens is 344 g/mol. The predicted octanol–water partition coefficient (Wildman–Crippen LogP) is 3.34. The fourth-order valence-electron chi connectivity index (χ4n) is 3.58. The van der Waals surface area contributed by atoms with Crippen molar-refractivity contribution in [1.82, 2.24) is 24.8 Å². The van der Waals surface area contributed by atoms with Gasteiger partial charge in [0.2, 0.25) is 0 Å². The number of hydrogen-bond donors (Lipinski definition) is 1. The van der Waals surface area contributed by atoms with E-state index in [1.165, 1.54) is 37.7 Å². The molecule has 142 valence electrons. The van der Waals surface area contributed by atoms with Gasteiger partial charge < -0.3 is 14.8 Å². The maximum absolute atomic E-state index is 4.83. The summed E-state index contributed by atoms with van der Waals surface area (Å²) < 4.78 is 2.11. The van der Waals surface area contributed by atoms with Gasteiger partial charge in [-0.2, -0.15) is 0 Å². The number of nitrogens with one attached hydrogen (secondary N) is 1. The van der Waals surface area contributed by atoms with Crippen LogP contribution in [0.3, 0.4) is 0 Å². The van der Waals surface area contributed by atoms with E-state index in [9.17, 15) is 0 Å². The van der Waals surface area contributed by atoms with Crippen LogP contribution in [0, 0.1) is 0 Å². The molecule has 3 rings (SSSR count). The van der Waals surface area contributed by atoms with Crippen molar-refractivity contribution in [2.75, 3.05) is 24.7 Å². The van der Waals surface area contributed by atoms with E-state index >= 15 is 0 Å². The molecule has 0 aromatic carbocycles. The Hall–Kier alpha value is -1.60. The van der Waals surface area contributed by atoms with Gasteiger partial charge in [-0.15, -0.1) is 0 Å². The largest absolute Gasteiger partial charge is 0.356 e. The van der Waals surface area contributed by atoms with Crippen molar-refractivity contribution in [2.45, 2.75) is 62.8 Å². The van der Waals surface area contributed by atoms with Crippen LogP contribution >= 0.6 is 11.8 Å². The zero-order chi connectivity index (χ0) is 18.2. The molecule has 0 bridgehead atoms. The second-order valence-corrected chi connectivity index (χ2v) is 7.71. The third-order valence-corrected chi connectivity index (χ3v) is 5.67. The molecule has 1 aliphatic rings. The summed E-state index contributed by atoms with van der Waals surface area (Å²) in [6, 6.07) is 0.605. The smallest absolute Gasteiger partial charge is 0.189 e. The van der Waals surface area contributed by atoms with Gasteiger partial charge in [-0.3, -0.25) is 0 Å². The number of aryl methyl sites for hydroxylation is 1. The Bertz CT molecular complexity index is 654. The lowest BCUT2D eigenvalue weighted by Gasteiger charge is -2.33. The van der Waals surface area contributed by atoms with Crippen molar-refractivity contribution in [3.63, 3.8) is 0 Å². The zero-order valence-electron chi connectivity index (χ0n) is 15.9. The summed E-state index contributed by atoms with van der Waals surface area (Å²) in [7, 11) is 2.20. The van der Waals surface area contributed by atoms with Crippen LogP contribution in [0.15, 0.2) is 30.1 Å². The topological polar surface area (TPSA) is 58.9 Å². The van der Waals surface area contributed by atoms with Gasteiger partial charge in [0.1, 0.15) is 5.82 Å². The second kappa shape index (κ2) is 9.92. The van der Waals surface area contributed by atoms with Crippen molar-refractivity contribution in [1.29, 1.82) is 0 Å². The number of aromatic nitrogens is 4. The third-order valence-electron chi connectivity index (χ3n) is 5.10. The zero-order valence-corrected chi connectivity index (χ0v) is 16.7. The monoisotopic (exact) mass is 374 g/mol. The average Bonchev–Trinajstić information content (AvgIpc) is 3.21. The Morgan fingerprint density at radius 3 is 2.88 bits per heavy atom. The van der Waals surface area contributed by atoms with Crippen LogP contribution in [-0.4, -0.2) is 45.4 Å². The average molecular weight is 375 g/mol. The maximum Gasteiger partial charge on any atom is 0.189 e. The minimum absolute atomic E-state index is 0.605. The quantitative estimate of drug-likeness (QED) is 0.413. The Morgan fingerprint density at radius 2 is 2.15 bits per heavy atom. The van der Waals surface area contributed by atoms with E-state index in [2.05, 4.69) is 31.8 Å². The van der Waals surface area contributed by atoms with E-state index in [1.54, 1.807) is 11.8 Å². The first-order valence-electron chi connectivity index (χ1n) is 9.57. The van der Waals surface area contributed by atoms with E-state index in [0.717, 1.165) is 37.0 Å². The number of rotatable bonds is 9. The molecule has 1 aliphatic carbocycles. The van der Waals surface area contributed by atoms with Crippen molar-refractivity contribution in [3.8, 4) is 0 Å². The van der Waals surface area contributed by atoms with Crippen LogP contribution in [0.1, 0.15) is 44.1 Å². The van der Waals surface area contributed by atoms with Crippen LogP contribution in [0.25, 0.3) is 0 Å². The first-order valence-corrected chi connectivity index (χ1v) is 10.8. The van der Waals surface area contributed by atoms with E-state index in [0.29, 0.717) is 6.04 Å². The summed E-state index contributed by atoms with van der Waals surface area (Å²) in [5.74, 6) is 1.10. The van der Waals surface area contributed by atoms with E-state index in [4.69, 9.17) is 4.98 Å². The number of imidazole rings is 1. The third kappa shape index (κ3) is 5.20. The van der Waals surface area contributed by atoms with Gasteiger partial charge in [0.25, 0.3) is 0 Å². The molecule has 0 radical (unpaired) electrons. The summed E-state index contributed by atoms with van der Waals surface area (Å²) in [4.78, 5) is 15.8. The number of hydrogen-bond acceptors (Lipinski definition) is 6. The van der Waals surface area contributed by atoms with Gasteiger partial charge in [-0.25, -0.2) is 15.0 Å².